The highest BCUT2D eigenvalue weighted by atomic mass is 35.5. The molecule has 0 saturated heterocycles. The van der Waals surface area contributed by atoms with Gasteiger partial charge in [-0.1, -0.05) is 23.7 Å². The molecule has 0 radical (unpaired) electrons. The second kappa shape index (κ2) is 7.03. The summed E-state index contributed by atoms with van der Waals surface area (Å²) in [6.07, 6.45) is 0.745. The van der Waals surface area contributed by atoms with Crippen LogP contribution in [0, 0.1) is 0 Å². The van der Waals surface area contributed by atoms with Crippen molar-refractivity contribution >= 4 is 23.4 Å². The molecule has 2 heterocycles. The molecule has 3 rings (SSSR count). The van der Waals surface area contributed by atoms with Crippen LogP contribution in [0.25, 0.3) is 0 Å². The highest BCUT2D eigenvalue weighted by Gasteiger charge is 2.33. The molecule has 0 bridgehead atoms. The van der Waals surface area contributed by atoms with E-state index in [1.165, 1.54) is 0 Å². The van der Waals surface area contributed by atoms with Crippen molar-refractivity contribution in [2.24, 2.45) is 0 Å². The monoisotopic (exact) mass is 360 g/mol. The molecule has 1 atom stereocenters. The first-order valence-corrected chi connectivity index (χ1v) is 8.18. The molecule has 0 saturated carbocycles. The molecule has 1 aromatic heterocycles. The van der Waals surface area contributed by atoms with E-state index in [4.69, 9.17) is 21.1 Å². The van der Waals surface area contributed by atoms with E-state index in [9.17, 15) is 9.59 Å². The van der Waals surface area contributed by atoms with Crippen molar-refractivity contribution in [2.75, 3.05) is 11.9 Å². The van der Waals surface area contributed by atoms with Gasteiger partial charge < -0.3 is 19.8 Å². The van der Waals surface area contributed by atoms with Gasteiger partial charge >= 0.3 is 6.16 Å². The third-order valence-electron chi connectivity index (χ3n) is 3.88. The number of hydrogen-bond acceptors (Lipinski definition) is 5. The van der Waals surface area contributed by atoms with E-state index < -0.39 is 12.1 Å². The lowest BCUT2D eigenvalue weighted by Gasteiger charge is -2.29. The first-order valence-electron chi connectivity index (χ1n) is 7.80. The van der Waals surface area contributed by atoms with Crippen LogP contribution >= 0.6 is 11.6 Å². The highest BCUT2D eigenvalue weighted by molar-refractivity contribution is 6.30. The van der Waals surface area contributed by atoms with Gasteiger partial charge in [-0.25, -0.2) is 4.79 Å². The molecular formula is C18H17ClN2O4. The Morgan fingerprint density at radius 2 is 2.12 bits per heavy atom. The molecule has 7 heteroatoms. The number of allylic oxidation sites excluding steroid dienone is 2. The van der Waals surface area contributed by atoms with Crippen molar-refractivity contribution in [1.82, 2.24) is 4.98 Å². The lowest BCUT2D eigenvalue weighted by Crippen LogP contribution is -2.28. The Balaban J connectivity index is 2.16. The van der Waals surface area contributed by atoms with Crippen LogP contribution in [0.4, 0.5) is 10.5 Å². The zero-order valence-corrected chi connectivity index (χ0v) is 14.5. The van der Waals surface area contributed by atoms with Gasteiger partial charge in [-0.05, 0) is 37.6 Å². The minimum atomic E-state index is -0.818. The van der Waals surface area contributed by atoms with Gasteiger partial charge in [0.05, 0.1) is 23.8 Å². The second-order valence-corrected chi connectivity index (χ2v) is 5.96. The summed E-state index contributed by atoms with van der Waals surface area (Å²) in [6.45, 7) is 3.66. The van der Waals surface area contributed by atoms with E-state index in [0.29, 0.717) is 27.7 Å². The lowest BCUT2D eigenvalue weighted by molar-refractivity contribution is 0.0777. The van der Waals surface area contributed by atoms with E-state index in [0.717, 1.165) is 5.56 Å². The molecule has 1 aromatic carbocycles. The van der Waals surface area contributed by atoms with Gasteiger partial charge in [0.2, 0.25) is 0 Å². The third kappa shape index (κ3) is 3.39. The van der Waals surface area contributed by atoms with Crippen LogP contribution < -0.4 is 10.9 Å². The molecule has 2 aromatic rings. The highest BCUT2D eigenvalue weighted by Crippen LogP contribution is 2.40. The summed E-state index contributed by atoms with van der Waals surface area (Å²) in [5.74, 6) is -0.269. The van der Waals surface area contributed by atoms with Crippen molar-refractivity contribution < 1.29 is 14.3 Å². The Morgan fingerprint density at radius 3 is 2.84 bits per heavy atom. The number of anilines is 1. The number of hydrogen-bond donors (Lipinski definition) is 2. The van der Waals surface area contributed by atoms with Gasteiger partial charge in [-0.2, -0.15) is 0 Å². The molecule has 130 valence electrons. The van der Waals surface area contributed by atoms with Crippen molar-refractivity contribution in [3.8, 4) is 0 Å². The topological polar surface area (TPSA) is 80.4 Å². The fourth-order valence-corrected chi connectivity index (χ4v) is 3.07. The Labute approximate surface area is 149 Å². The summed E-state index contributed by atoms with van der Waals surface area (Å²) in [7, 11) is 0. The van der Waals surface area contributed by atoms with Crippen LogP contribution in [0.5, 0.6) is 0 Å². The van der Waals surface area contributed by atoms with Gasteiger partial charge in [-0.3, -0.25) is 4.79 Å². The quantitative estimate of drug-likeness (QED) is 0.809. The predicted molar refractivity (Wildman–Crippen MR) is 94.8 cm³/mol. The van der Waals surface area contributed by atoms with Crippen molar-refractivity contribution in [2.45, 2.75) is 19.8 Å². The maximum atomic E-state index is 12.5. The van der Waals surface area contributed by atoms with Gasteiger partial charge in [0.1, 0.15) is 5.76 Å². The average Bonchev–Trinajstić information content (AvgIpc) is 2.56. The Kier molecular flexibility index (Phi) is 4.81. The third-order valence-corrected chi connectivity index (χ3v) is 4.11. The smallest absolute Gasteiger partial charge is 0.434 e. The fraction of sp³-hybridized carbons (Fsp3) is 0.222. The standard InChI is InChI=1S/C18H17ClN2O4/c1-3-24-18(23)25-16-10(2)21-13-7-8-20-17(22)15(13)14(16)11-5-4-6-12(19)9-11/h4-9,14,21H,3H2,1-2H3,(H,20,22). The Morgan fingerprint density at radius 1 is 1.32 bits per heavy atom. The fourth-order valence-electron chi connectivity index (χ4n) is 2.87. The number of carbonyl (C=O) groups is 1. The summed E-state index contributed by atoms with van der Waals surface area (Å²) < 4.78 is 10.3. The summed E-state index contributed by atoms with van der Waals surface area (Å²) >= 11 is 6.12. The number of halogens is 1. The average molecular weight is 361 g/mol. The largest absolute Gasteiger partial charge is 0.513 e. The van der Waals surface area contributed by atoms with E-state index in [2.05, 4.69) is 10.3 Å². The van der Waals surface area contributed by atoms with Gasteiger partial charge in [0.25, 0.3) is 5.56 Å². The first kappa shape index (κ1) is 17.1. The number of fused-ring (bicyclic) bond motifs is 1. The van der Waals surface area contributed by atoms with Crippen LogP contribution in [-0.2, 0) is 9.47 Å². The van der Waals surface area contributed by atoms with E-state index >= 15 is 0 Å². The van der Waals surface area contributed by atoms with E-state index in [-0.39, 0.29) is 12.2 Å². The number of nitrogens with one attached hydrogen (secondary N) is 2. The number of carbonyl (C=O) groups excluding carboxylic acids is 1. The minimum Gasteiger partial charge on any atom is -0.434 e. The molecule has 1 aliphatic heterocycles. The van der Waals surface area contributed by atoms with Crippen LogP contribution in [0.1, 0.15) is 30.9 Å². The number of ether oxygens (including phenoxy) is 2. The SMILES string of the molecule is CCOC(=O)OC1=C(C)Nc2cc[nH]c(=O)c2C1c1cccc(Cl)c1. The molecule has 6 nitrogen and oxygen atoms in total. The maximum Gasteiger partial charge on any atom is 0.513 e. The molecule has 2 N–H and O–H groups in total. The summed E-state index contributed by atoms with van der Waals surface area (Å²) in [5, 5.41) is 3.63. The zero-order valence-electron chi connectivity index (χ0n) is 13.8. The number of pyridine rings is 1. The normalized spacial score (nSPS) is 16.0. The molecule has 1 aliphatic rings. The molecule has 1 unspecified atom stereocenters. The van der Waals surface area contributed by atoms with Crippen LogP contribution in [0.15, 0.2) is 52.8 Å². The van der Waals surface area contributed by atoms with Gasteiger partial charge in [0, 0.05) is 16.9 Å². The molecule has 0 fully saturated rings. The minimum absolute atomic E-state index is 0.192. The molecular weight excluding hydrogens is 344 g/mol. The number of aromatic amines is 1. The van der Waals surface area contributed by atoms with Crippen molar-refractivity contribution in [3.05, 3.63) is 74.5 Å². The number of H-pyrrole nitrogens is 1. The van der Waals surface area contributed by atoms with Crippen molar-refractivity contribution in [3.63, 3.8) is 0 Å². The number of aromatic nitrogens is 1. The van der Waals surface area contributed by atoms with Gasteiger partial charge in [0.15, 0.2) is 0 Å². The molecule has 0 spiro atoms. The summed E-state index contributed by atoms with van der Waals surface area (Å²) in [6, 6.07) is 8.87. The Hall–Kier alpha value is -2.73. The zero-order chi connectivity index (χ0) is 18.0. The van der Waals surface area contributed by atoms with Gasteiger partial charge in [-0.15, -0.1) is 0 Å². The molecule has 25 heavy (non-hydrogen) atoms. The summed E-state index contributed by atoms with van der Waals surface area (Å²) in [5.41, 5.74) is 2.20. The predicted octanol–water partition coefficient (Wildman–Crippen LogP) is 3.99. The summed E-state index contributed by atoms with van der Waals surface area (Å²) in [4.78, 5) is 27.0. The van der Waals surface area contributed by atoms with Crippen LogP contribution in [-0.4, -0.2) is 17.7 Å². The molecule has 0 aliphatic carbocycles. The van der Waals surface area contributed by atoms with Crippen LogP contribution in [0.3, 0.4) is 0 Å². The van der Waals surface area contributed by atoms with Crippen molar-refractivity contribution in [1.29, 1.82) is 0 Å². The number of rotatable bonds is 3. The first-order chi connectivity index (χ1) is 12.0. The second-order valence-electron chi connectivity index (χ2n) is 5.52. The van der Waals surface area contributed by atoms with E-state index in [1.807, 2.05) is 6.07 Å². The van der Waals surface area contributed by atoms with E-state index in [1.54, 1.807) is 44.3 Å². The lowest BCUT2D eigenvalue weighted by atomic mass is 9.86. The molecule has 0 amide bonds. The number of benzene rings is 1. The Bertz CT molecular complexity index is 904. The maximum absolute atomic E-state index is 12.5. The van der Waals surface area contributed by atoms with Crippen LogP contribution in [0.2, 0.25) is 5.02 Å².